The Bertz CT molecular complexity index is 867. The fraction of sp³-hybridized carbons (Fsp3) is 0.278. The number of anilines is 1. The molecule has 0 aliphatic rings. The smallest absolute Gasteiger partial charge is 0.262 e. The summed E-state index contributed by atoms with van der Waals surface area (Å²) in [6.45, 7) is 3.39. The molecule has 26 heavy (non-hydrogen) atoms. The fourth-order valence-corrected chi connectivity index (χ4v) is 3.61. The molecule has 0 bridgehead atoms. The van der Waals surface area contributed by atoms with Gasteiger partial charge < -0.3 is 10.1 Å². The number of benzene rings is 2. The first-order chi connectivity index (χ1) is 12.2. The van der Waals surface area contributed by atoms with Crippen molar-refractivity contribution in [3.05, 3.63) is 53.6 Å². The van der Waals surface area contributed by atoms with E-state index in [1.54, 1.807) is 38.1 Å². The van der Waals surface area contributed by atoms with Gasteiger partial charge in [-0.25, -0.2) is 8.42 Å². The molecule has 1 N–H and O–H groups in total. The van der Waals surface area contributed by atoms with Crippen LogP contribution in [0.2, 0.25) is 5.02 Å². The van der Waals surface area contributed by atoms with Crippen molar-refractivity contribution in [1.29, 1.82) is 0 Å². The van der Waals surface area contributed by atoms with Crippen LogP contribution in [0.25, 0.3) is 0 Å². The zero-order chi connectivity index (χ0) is 19.3. The summed E-state index contributed by atoms with van der Waals surface area (Å²) in [5.74, 6) is 0.0438. The Kier molecular flexibility index (Phi) is 6.63. The third-order valence-electron chi connectivity index (χ3n) is 3.74. The largest absolute Gasteiger partial charge is 0.482 e. The molecule has 2 aromatic carbocycles. The Morgan fingerprint density at radius 3 is 2.35 bits per heavy atom. The summed E-state index contributed by atoms with van der Waals surface area (Å²) < 4.78 is 31.5. The normalized spacial score (nSPS) is 11.6. The summed E-state index contributed by atoms with van der Waals surface area (Å²) in [5.41, 5.74) is 0.476. The van der Waals surface area contributed by atoms with Gasteiger partial charge in [-0.15, -0.1) is 0 Å². The fourth-order valence-electron chi connectivity index (χ4n) is 2.06. The first-order valence-electron chi connectivity index (χ1n) is 7.97. The van der Waals surface area contributed by atoms with Gasteiger partial charge in [0.25, 0.3) is 5.91 Å². The number of nitrogens with one attached hydrogen (secondary N) is 1. The van der Waals surface area contributed by atoms with Crippen molar-refractivity contribution >= 4 is 33.2 Å². The Hall–Kier alpha value is -2.09. The zero-order valence-corrected chi connectivity index (χ0v) is 16.3. The number of para-hydroxylation sites is 1. The van der Waals surface area contributed by atoms with Gasteiger partial charge in [-0.3, -0.25) is 4.79 Å². The number of ether oxygens (including phenoxy) is 1. The molecular formula is C18H21ClN2O4S. The molecule has 8 heteroatoms. The first-order valence-corrected chi connectivity index (χ1v) is 9.79. The number of hydrogen-bond acceptors (Lipinski definition) is 4. The van der Waals surface area contributed by atoms with Gasteiger partial charge in [0.15, 0.2) is 6.61 Å². The highest BCUT2D eigenvalue weighted by molar-refractivity contribution is 7.89. The lowest BCUT2D eigenvalue weighted by Gasteiger charge is -2.21. The van der Waals surface area contributed by atoms with Crippen LogP contribution < -0.4 is 10.1 Å². The number of nitrogens with zero attached hydrogens (tertiary/aromatic N) is 1. The van der Waals surface area contributed by atoms with Crippen molar-refractivity contribution in [3.8, 4) is 5.75 Å². The van der Waals surface area contributed by atoms with Gasteiger partial charge in [-0.05, 0) is 50.2 Å². The van der Waals surface area contributed by atoms with Crippen LogP contribution in [0, 0.1) is 0 Å². The molecule has 0 spiro atoms. The molecule has 0 saturated carbocycles. The minimum atomic E-state index is -3.55. The van der Waals surface area contributed by atoms with Crippen LogP contribution >= 0.6 is 11.6 Å². The molecule has 0 fully saturated rings. The van der Waals surface area contributed by atoms with E-state index in [2.05, 4.69) is 5.32 Å². The van der Waals surface area contributed by atoms with Gasteiger partial charge in [0.05, 0.1) is 9.92 Å². The molecule has 0 aliphatic heterocycles. The second-order valence-corrected chi connectivity index (χ2v) is 8.31. The molecule has 0 unspecified atom stereocenters. The molecule has 0 atom stereocenters. The minimum absolute atomic E-state index is 0.152. The number of halogens is 1. The van der Waals surface area contributed by atoms with Gasteiger partial charge in [-0.1, -0.05) is 23.7 Å². The van der Waals surface area contributed by atoms with Gasteiger partial charge in [0.2, 0.25) is 10.0 Å². The van der Waals surface area contributed by atoms with Crippen LogP contribution in [0.3, 0.4) is 0 Å². The molecule has 0 heterocycles. The van der Waals surface area contributed by atoms with Crippen LogP contribution in [0.4, 0.5) is 5.69 Å². The second kappa shape index (κ2) is 8.53. The summed E-state index contributed by atoms with van der Waals surface area (Å²) in [7, 11) is -2.02. The van der Waals surface area contributed by atoms with E-state index in [1.165, 1.54) is 35.6 Å². The lowest BCUT2D eigenvalue weighted by molar-refractivity contribution is -0.118. The number of carbonyl (C=O) groups is 1. The number of sulfonamides is 1. The molecule has 2 aromatic rings. The van der Waals surface area contributed by atoms with E-state index in [-0.39, 0.29) is 23.5 Å². The lowest BCUT2D eigenvalue weighted by atomic mass is 10.3. The highest BCUT2D eigenvalue weighted by Gasteiger charge is 2.22. The van der Waals surface area contributed by atoms with Gasteiger partial charge >= 0.3 is 0 Å². The van der Waals surface area contributed by atoms with Crippen molar-refractivity contribution in [2.45, 2.75) is 24.8 Å². The molecule has 1 amide bonds. The first kappa shape index (κ1) is 20.2. The molecule has 0 radical (unpaired) electrons. The maximum absolute atomic E-state index is 12.4. The number of hydrogen-bond donors (Lipinski definition) is 1. The van der Waals surface area contributed by atoms with E-state index in [9.17, 15) is 13.2 Å². The predicted molar refractivity (Wildman–Crippen MR) is 102 cm³/mol. The molecule has 140 valence electrons. The molecule has 2 rings (SSSR count). The zero-order valence-electron chi connectivity index (χ0n) is 14.8. The number of carbonyl (C=O) groups excluding carboxylic acids is 1. The summed E-state index contributed by atoms with van der Waals surface area (Å²) in [5, 5.41) is 3.07. The highest BCUT2D eigenvalue weighted by Crippen LogP contribution is 2.23. The van der Waals surface area contributed by atoms with Crippen molar-refractivity contribution in [1.82, 2.24) is 4.31 Å². The Morgan fingerprint density at radius 2 is 1.77 bits per heavy atom. The van der Waals surface area contributed by atoms with Gasteiger partial charge in [0, 0.05) is 18.8 Å². The van der Waals surface area contributed by atoms with E-state index >= 15 is 0 Å². The van der Waals surface area contributed by atoms with E-state index in [0.29, 0.717) is 16.5 Å². The summed E-state index contributed by atoms with van der Waals surface area (Å²) in [6.07, 6.45) is 0. The van der Waals surface area contributed by atoms with Crippen molar-refractivity contribution in [2.24, 2.45) is 0 Å². The average molecular weight is 397 g/mol. The highest BCUT2D eigenvalue weighted by atomic mass is 35.5. The van der Waals surface area contributed by atoms with Crippen LogP contribution in [0.5, 0.6) is 5.75 Å². The van der Waals surface area contributed by atoms with E-state index in [0.717, 1.165) is 0 Å². The van der Waals surface area contributed by atoms with E-state index in [1.807, 2.05) is 0 Å². The lowest BCUT2D eigenvalue weighted by Crippen LogP contribution is -2.33. The molecule has 0 aromatic heterocycles. The van der Waals surface area contributed by atoms with Crippen molar-refractivity contribution < 1.29 is 17.9 Å². The van der Waals surface area contributed by atoms with E-state index < -0.39 is 10.0 Å². The quantitative estimate of drug-likeness (QED) is 0.778. The Morgan fingerprint density at radius 1 is 1.15 bits per heavy atom. The summed E-state index contributed by atoms with van der Waals surface area (Å²) in [4.78, 5) is 12.1. The van der Waals surface area contributed by atoms with Crippen LogP contribution in [-0.4, -0.2) is 38.3 Å². The van der Waals surface area contributed by atoms with Crippen molar-refractivity contribution in [3.63, 3.8) is 0 Å². The van der Waals surface area contributed by atoms with Crippen molar-refractivity contribution in [2.75, 3.05) is 19.0 Å². The summed E-state index contributed by atoms with van der Waals surface area (Å²) >= 11 is 5.96. The van der Waals surface area contributed by atoms with Crippen LogP contribution in [0.15, 0.2) is 53.4 Å². The molecule has 6 nitrogen and oxygen atoms in total. The average Bonchev–Trinajstić information content (AvgIpc) is 2.60. The minimum Gasteiger partial charge on any atom is -0.482 e. The van der Waals surface area contributed by atoms with Crippen LogP contribution in [-0.2, 0) is 14.8 Å². The van der Waals surface area contributed by atoms with Crippen LogP contribution in [0.1, 0.15) is 13.8 Å². The molecule has 0 saturated heterocycles. The number of rotatable bonds is 7. The van der Waals surface area contributed by atoms with E-state index in [4.69, 9.17) is 16.3 Å². The standard InChI is InChI=1S/C18H21ClN2O4S/c1-13(2)21(3)26(23,24)15-10-8-14(9-11-15)20-18(22)12-25-17-7-5-4-6-16(17)19/h4-11,13H,12H2,1-3H3,(H,20,22). The third kappa shape index (κ3) is 4.97. The van der Waals surface area contributed by atoms with Gasteiger partial charge in [-0.2, -0.15) is 4.31 Å². The SMILES string of the molecule is CC(C)N(C)S(=O)(=O)c1ccc(NC(=O)COc2ccccc2Cl)cc1. The second-order valence-electron chi connectivity index (χ2n) is 5.91. The topological polar surface area (TPSA) is 75.7 Å². The molecule has 0 aliphatic carbocycles. The Balaban J connectivity index is 1.98. The number of amides is 1. The third-order valence-corrected chi connectivity index (χ3v) is 6.10. The Labute approximate surface area is 158 Å². The molecular weight excluding hydrogens is 376 g/mol. The van der Waals surface area contributed by atoms with Gasteiger partial charge in [0.1, 0.15) is 5.75 Å². The maximum Gasteiger partial charge on any atom is 0.262 e. The monoisotopic (exact) mass is 396 g/mol. The maximum atomic E-state index is 12.4. The summed E-state index contributed by atoms with van der Waals surface area (Å²) in [6, 6.07) is 12.7. The predicted octanol–water partition coefficient (Wildman–Crippen LogP) is 3.39.